The first kappa shape index (κ1) is 15.8. The SMILES string of the molecule is COc1ccc(Cc2ccccc2C(F)(F)F)c([N+](=O)[O-])c1. The molecular weight excluding hydrogens is 299 g/mol. The molecule has 2 aromatic rings. The van der Waals surface area contributed by atoms with Crippen molar-refractivity contribution in [2.75, 3.05) is 7.11 Å². The van der Waals surface area contributed by atoms with Gasteiger partial charge in [0.2, 0.25) is 0 Å². The smallest absolute Gasteiger partial charge is 0.416 e. The zero-order chi connectivity index (χ0) is 16.3. The van der Waals surface area contributed by atoms with Crippen molar-refractivity contribution in [1.82, 2.24) is 0 Å². The summed E-state index contributed by atoms with van der Waals surface area (Å²) in [5.41, 5.74) is -0.873. The van der Waals surface area contributed by atoms with Crippen molar-refractivity contribution in [1.29, 1.82) is 0 Å². The van der Waals surface area contributed by atoms with Crippen molar-refractivity contribution >= 4 is 5.69 Å². The lowest BCUT2D eigenvalue weighted by atomic mass is 9.98. The Morgan fingerprint density at radius 2 is 1.82 bits per heavy atom. The average Bonchev–Trinajstić information content (AvgIpc) is 2.47. The molecular formula is C15H12F3NO3. The van der Waals surface area contributed by atoms with Crippen LogP contribution in [0.1, 0.15) is 16.7 Å². The molecule has 0 fully saturated rings. The fraction of sp³-hybridized carbons (Fsp3) is 0.200. The van der Waals surface area contributed by atoms with E-state index in [9.17, 15) is 23.3 Å². The number of ether oxygens (including phenoxy) is 1. The van der Waals surface area contributed by atoms with Crippen LogP contribution in [0.5, 0.6) is 5.75 Å². The first-order valence-corrected chi connectivity index (χ1v) is 6.29. The van der Waals surface area contributed by atoms with Gasteiger partial charge < -0.3 is 4.74 Å². The molecule has 2 aromatic carbocycles. The summed E-state index contributed by atoms with van der Waals surface area (Å²) in [7, 11) is 1.36. The lowest BCUT2D eigenvalue weighted by molar-refractivity contribution is -0.385. The quantitative estimate of drug-likeness (QED) is 0.627. The third-order valence-corrected chi connectivity index (χ3v) is 3.19. The van der Waals surface area contributed by atoms with Crippen LogP contribution in [0.3, 0.4) is 0 Å². The number of hydrogen-bond acceptors (Lipinski definition) is 3. The number of halogens is 3. The fourth-order valence-electron chi connectivity index (χ4n) is 2.15. The summed E-state index contributed by atoms with van der Waals surface area (Å²) < 4.78 is 43.8. The van der Waals surface area contributed by atoms with Crippen LogP contribution < -0.4 is 4.74 Å². The van der Waals surface area contributed by atoms with Gasteiger partial charge >= 0.3 is 6.18 Å². The summed E-state index contributed by atoms with van der Waals surface area (Å²) in [6, 6.07) is 9.13. The van der Waals surface area contributed by atoms with E-state index in [0.717, 1.165) is 6.07 Å². The van der Waals surface area contributed by atoms with Gasteiger partial charge in [-0.1, -0.05) is 18.2 Å². The fourth-order valence-corrected chi connectivity index (χ4v) is 2.15. The van der Waals surface area contributed by atoms with Crippen molar-refractivity contribution in [3.63, 3.8) is 0 Å². The molecule has 0 amide bonds. The van der Waals surface area contributed by atoms with Gasteiger partial charge in [-0.3, -0.25) is 10.1 Å². The summed E-state index contributed by atoms with van der Waals surface area (Å²) in [6.45, 7) is 0. The van der Waals surface area contributed by atoms with E-state index in [0.29, 0.717) is 0 Å². The molecule has 7 heteroatoms. The van der Waals surface area contributed by atoms with Gasteiger partial charge in [-0.2, -0.15) is 13.2 Å². The number of methoxy groups -OCH3 is 1. The van der Waals surface area contributed by atoms with E-state index in [1.165, 1.54) is 43.5 Å². The zero-order valence-corrected chi connectivity index (χ0v) is 11.6. The zero-order valence-electron chi connectivity index (χ0n) is 11.6. The third kappa shape index (κ3) is 3.36. The number of benzene rings is 2. The minimum atomic E-state index is -4.50. The Labute approximate surface area is 124 Å². The molecule has 0 saturated carbocycles. The Kier molecular flexibility index (Phi) is 4.35. The minimum Gasteiger partial charge on any atom is -0.497 e. The molecule has 0 heterocycles. The number of nitro benzene ring substituents is 1. The molecule has 0 atom stereocenters. The van der Waals surface area contributed by atoms with E-state index in [-0.39, 0.29) is 29.0 Å². The number of alkyl halides is 3. The van der Waals surface area contributed by atoms with E-state index in [4.69, 9.17) is 4.74 Å². The van der Waals surface area contributed by atoms with Crippen molar-refractivity contribution in [2.24, 2.45) is 0 Å². The third-order valence-electron chi connectivity index (χ3n) is 3.19. The highest BCUT2D eigenvalue weighted by molar-refractivity contribution is 5.49. The van der Waals surface area contributed by atoms with Gasteiger partial charge in [-0.25, -0.2) is 0 Å². The van der Waals surface area contributed by atoms with Gasteiger partial charge in [-0.05, 0) is 23.8 Å². The Morgan fingerprint density at radius 3 is 2.41 bits per heavy atom. The van der Waals surface area contributed by atoms with Crippen molar-refractivity contribution in [3.8, 4) is 5.75 Å². The van der Waals surface area contributed by atoms with Gasteiger partial charge in [0.1, 0.15) is 5.75 Å². The van der Waals surface area contributed by atoms with Gasteiger partial charge in [0.15, 0.2) is 0 Å². The standard InChI is InChI=1S/C15H12F3NO3/c1-22-12-7-6-11(14(9-12)19(20)21)8-10-4-2-3-5-13(10)15(16,17)18/h2-7,9H,8H2,1H3. The monoisotopic (exact) mass is 311 g/mol. The van der Waals surface area contributed by atoms with Gasteiger partial charge in [0.05, 0.1) is 23.7 Å². The number of hydrogen-bond donors (Lipinski definition) is 0. The van der Waals surface area contributed by atoms with Crippen molar-refractivity contribution in [3.05, 3.63) is 69.3 Å². The highest BCUT2D eigenvalue weighted by Gasteiger charge is 2.33. The molecule has 116 valence electrons. The molecule has 0 spiro atoms. The molecule has 22 heavy (non-hydrogen) atoms. The normalized spacial score (nSPS) is 11.3. The molecule has 2 rings (SSSR count). The molecule has 0 aliphatic carbocycles. The lowest BCUT2D eigenvalue weighted by Crippen LogP contribution is -2.09. The second kappa shape index (κ2) is 6.05. The van der Waals surface area contributed by atoms with Crippen LogP contribution in [0, 0.1) is 10.1 Å². The maximum absolute atomic E-state index is 13.0. The maximum Gasteiger partial charge on any atom is 0.416 e. The van der Waals surface area contributed by atoms with Crippen LogP contribution >= 0.6 is 0 Å². The minimum absolute atomic E-state index is 0.0109. The lowest BCUT2D eigenvalue weighted by Gasteiger charge is -2.13. The first-order chi connectivity index (χ1) is 10.3. The molecule has 0 aliphatic rings. The molecule has 0 saturated heterocycles. The molecule has 0 aromatic heterocycles. The van der Waals surface area contributed by atoms with E-state index in [2.05, 4.69) is 0 Å². The summed E-state index contributed by atoms with van der Waals surface area (Å²) in [5.74, 6) is 0.277. The molecule has 0 aliphatic heterocycles. The summed E-state index contributed by atoms with van der Waals surface area (Å²) >= 11 is 0. The van der Waals surface area contributed by atoms with Gasteiger partial charge in [0.25, 0.3) is 5.69 Å². The summed E-state index contributed by atoms with van der Waals surface area (Å²) in [5, 5.41) is 11.1. The Morgan fingerprint density at radius 1 is 1.14 bits per heavy atom. The van der Waals surface area contributed by atoms with E-state index in [1.54, 1.807) is 0 Å². The van der Waals surface area contributed by atoms with Crippen LogP contribution in [0.2, 0.25) is 0 Å². The highest BCUT2D eigenvalue weighted by Crippen LogP contribution is 2.34. The first-order valence-electron chi connectivity index (χ1n) is 6.29. The second-order valence-electron chi connectivity index (χ2n) is 4.58. The largest absolute Gasteiger partial charge is 0.497 e. The predicted molar refractivity (Wildman–Crippen MR) is 73.9 cm³/mol. The van der Waals surface area contributed by atoms with Crippen molar-refractivity contribution < 1.29 is 22.8 Å². The van der Waals surface area contributed by atoms with Crippen LogP contribution in [-0.4, -0.2) is 12.0 Å². The molecule has 4 nitrogen and oxygen atoms in total. The van der Waals surface area contributed by atoms with Gasteiger partial charge in [0, 0.05) is 12.0 Å². The van der Waals surface area contributed by atoms with Crippen LogP contribution in [0.25, 0.3) is 0 Å². The van der Waals surface area contributed by atoms with E-state index < -0.39 is 16.7 Å². The predicted octanol–water partition coefficient (Wildman–Crippen LogP) is 4.21. The topological polar surface area (TPSA) is 52.4 Å². The number of rotatable bonds is 4. The number of nitrogens with zero attached hydrogens (tertiary/aromatic N) is 1. The second-order valence-corrected chi connectivity index (χ2v) is 4.58. The Hall–Kier alpha value is -2.57. The van der Waals surface area contributed by atoms with Crippen molar-refractivity contribution in [2.45, 2.75) is 12.6 Å². The average molecular weight is 311 g/mol. The van der Waals surface area contributed by atoms with E-state index >= 15 is 0 Å². The van der Waals surface area contributed by atoms with Crippen LogP contribution in [-0.2, 0) is 12.6 Å². The molecule has 0 N–H and O–H groups in total. The molecule has 0 unspecified atom stereocenters. The highest BCUT2D eigenvalue weighted by atomic mass is 19.4. The van der Waals surface area contributed by atoms with Gasteiger partial charge in [-0.15, -0.1) is 0 Å². The summed E-state index contributed by atoms with van der Waals surface area (Å²) in [4.78, 5) is 10.5. The summed E-state index contributed by atoms with van der Waals surface area (Å²) in [6.07, 6.45) is -4.69. The number of nitro groups is 1. The van der Waals surface area contributed by atoms with Crippen LogP contribution in [0.4, 0.5) is 18.9 Å². The van der Waals surface area contributed by atoms with E-state index in [1.807, 2.05) is 0 Å². The maximum atomic E-state index is 13.0. The molecule has 0 bridgehead atoms. The Balaban J connectivity index is 2.46. The molecule has 0 radical (unpaired) electrons. The Bertz CT molecular complexity index is 699. The van der Waals surface area contributed by atoms with Crippen LogP contribution in [0.15, 0.2) is 42.5 Å².